The second-order valence-electron chi connectivity index (χ2n) is 5.54. The van der Waals surface area contributed by atoms with Gasteiger partial charge in [0.2, 0.25) is 15.9 Å². The highest BCUT2D eigenvalue weighted by molar-refractivity contribution is 9.10. The average molecular weight is 419 g/mol. The van der Waals surface area contributed by atoms with Gasteiger partial charge in [-0.15, -0.1) is 0 Å². The third kappa shape index (κ3) is 5.02. The lowest BCUT2D eigenvalue weighted by atomic mass is 10.2. The van der Waals surface area contributed by atoms with Crippen molar-refractivity contribution < 1.29 is 17.9 Å². The molecule has 1 aromatic rings. The van der Waals surface area contributed by atoms with E-state index in [4.69, 9.17) is 4.74 Å². The highest BCUT2D eigenvalue weighted by atomic mass is 79.9. The SMILES string of the molecule is CCOCCCC(=O)N1CCN(S(=O)(=O)c2ccc(Br)cc2)CC1. The molecule has 0 radical (unpaired) electrons. The second-order valence-corrected chi connectivity index (χ2v) is 8.39. The molecule has 0 unspecified atom stereocenters. The van der Waals surface area contributed by atoms with Gasteiger partial charge in [0.1, 0.15) is 0 Å². The molecule has 24 heavy (non-hydrogen) atoms. The van der Waals surface area contributed by atoms with Gasteiger partial charge in [0.25, 0.3) is 0 Å². The van der Waals surface area contributed by atoms with E-state index in [-0.39, 0.29) is 10.8 Å². The fourth-order valence-electron chi connectivity index (χ4n) is 2.56. The monoisotopic (exact) mass is 418 g/mol. The minimum absolute atomic E-state index is 0.0652. The molecule has 0 N–H and O–H groups in total. The van der Waals surface area contributed by atoms with Crippen LogP contribution in [0.3, 0.4) is 0 Å². The lowest BCUT2D eigenvalue weighted by molar-refractivity contribution is -0.132. The van der Waals surface area contributed by atoms with E-state index in [0.717, 1.165) is 4.47 Å². The number of halogens is 1. The van der Waals surface area contributed by atoms with Gasteiger partial charge in [0.05, 0.1) is 4.90 Å². The molecule has 1 aliphatic rings. The molecule has 134 valence electrons. The molecule has 0 bridgehead atoms. The van der Waals surface area contributed by atoms with Crippen molar-refractivity contribution in [3.8, 4) is 0 Å². The molecule has 1 fully saturated rings. The summed E-state index contributed by atoms with van der Waals surface area (Å²) in [5.74, 6) is 0.0652. The van der Waals surface area contributed by atoms with Crippen LogP contribution in [0, 0.1) is 0 Å². The Morgan fingerprint density at radius 2 is 1.79 bits per heavy atom. The summed E-state index contributed by atoms with van der Waals surface area (Å²) in [4.78, 5) is 14.1. The number of carbonyl (C=O) groups excluding carboxylic acids is 1. The highest BCUT2D eigenvalue weighted by Crippen LogP contribution is 2.20. The zero-order valence-electron chi connectivity index (χ0n) is 13.8. The minimum Gasteiger partial charge on any atom is -0.382 e. The van der Waals surface area contributed by atoms with Crippen LogP contribution in [-0.2, 0) is 19.6 Å². The topological polar surface area (TPSA) is 66.9 Å². The van der Waals surface area contributed by atoms with Gasteiger partial charge in [-0.25, -0.2) is 8.42 Å². The number of benzene rings is 1. The molecule has 1 aliphatic heterocycles. The number of sulfonamides is 1. The van der Waals surface area contributed by atoms with E-state index < -0.39 is 10.0 Å². The highest BCUT2D eigenvalue weighted by Gasteiger charge is 2.29. The molecule has 2 rings (SSSR count). The van der Waals surface area contributed by atoms with Crippen LogP contribution < -0.4 is 0 Å². The number of hydrogen-bond donors (Lipinski definition) is 0. The third-order valence-corrected chi connectivity index (χ3v) is 6.37. The number of carbonyl (C=O) groups is 1. The van der Waals surface area contributed by atoms with Crippen LogP contribution in [0.1, 0.15) is 19.8 Å². The van der Waals surface area contributed by atoms with Gasteiger partial charge in [-0.05, 0) is 37.6 Å². The fourth-order valence-corrected chi connectivity index (χ4v) is 4.25. The van der Waals surface area contributed by atoms with Gasteiger partial charge in [-0.2, -0.15) is 4.31 Å². The number of rotatable bonds is 7. The quantitative estimate of drug-likeness (QED) is 0.635. The Morgan fingerprint density at radius 1 is 1.17 bits per heavy atom. The van der Waals surface area contributed by atoms with Gasteiger partial charge in [0.15, 0.2) is 0 Å². The summed E-state index contributed by atoms with van der Waals surface area (Å²) in [6, 6.07) is 6.60. The number of nitrogens with zero attached hydrogens (tertiary/aromatic N) is 2. The third-order valence-electron chi connectivity index (χ3n) is 3.93. The van der Waals surface area contributed by atoms with Gasteiger partial charge < -0.3 is 9.64 Å². The van der Waals surface area contributed by atoms with E-state index in [0.29, 0.717) is 52.2 Å². The zero-order chi connectivity index (χ0) is 17.6. The van der Waals surface area contributed by atoms with Gasteiger partial charge in [-0.1, -0.05) is 15.9 Å². The molecule has 6 nitrogen and oxygen atoms in total. The molecule has 0 atom stereocenters. The number of ether oxygens (including phenoxy) is 1. The van der Waals surface area contributed by atoms with Crippen LogP contribution in [0.5, 0.6) is 0 Å². The first-order valence-electron chi connectivity index (χ1n) is 8.06. The van der Waals surface area contributed by atoms with E-state index >= 15 is 0 Å². The summed E-state index contributed by atoms with van der Waals surface area (Å²) in [7, 11) is -3.50. The van der Waals surface area contributed by atoms with Crippen molar-refractivity contribution >= 4 is 31.9 Å². The smallest absolute Gasteiger partial charge is 0.243 e. The van der Waals surface area contributed by atoms with Crippen LogP contribution in [0.4, 0.5) is 0 Å². The molecule has 0 aromatic heterocycles. The molecule has 1 amide bonds. The molecule has 8 heteroatoms. The van der Waals surface area contributed by atoms with Crippen molar-refractivity contribution in [2.24, 2.45) is 0 Å². The van der Waals surface area contributed by atoms with E-state index in [9.17, 15) is 13.2 Å². The zero-order valence-corrected chi connectivity index (χ0v) is 16.2. The van der Waals surface area contributed by atoms with E-state index in [2.05, 4.69) is 15.9 Å². The van der Waals surface area contributed by atoms with Crippen molar-refractivity contribution in [2.75, 3.05) is 39.4 Å². The summed E-state index contributed by atoms with van der Waals surface area (Å²) in [6.45, 7) is 4.69. The van der Waals surface area contributed by atoms with Gasteiger partial charge >= 0.3 is 0 Å². The van der Waals surface area contributed by atoms with Gasteiger partial charge in [-0.3, -0.25) is 4.79 Å². The Hall–Kier alpha value is -0.960. The summed E-state index contributed by atoms with van der Waals surface area (Å²) in [5, 5.41) is 0. The van der Waals surface area contributed by atoms with Crippen molar-refractivity contribution in [3.05, 3.63) is 28.7 Å². The first-order chi connectivity index (χ1) is 11.4. The fraction of sp³-hybridized carbons (Fsp3) is 0.562. The Bertz CT molecular complexity index is 641. The molecule has 1 saturated heterocycles. The molecule has 0 spiro atoms. The number of hydrogen-bond acceptors (Lipinski definition) is 4. The maximum Gasteiger partial charge on any atom is 0.243 e. The maximum absolute atomic E-state index is 12.6. The van der Waals surface area contributed by atoms with Crippen LogP contribution in [0.25, 0.3) is 0 Å². The molecule has 1 aromatic carbocycles. The molecular weight excluding hydrogens is 396 g/mol. The van der Waals surface area contributed by atoms with Crippen LogP contribution in [0.15, 0.2) is 33.6 Å². The summed E-state index contributed by atoms with van der Waals surface area (Å²) >= 11 is 3.30. The van der Waals surface area contributed by atoms with E-state index in [1.807, 2.05) is 6.92 Å². The molecule has 0 aliphatic carbocycles. The van der Waals surface area contributed by atoms with E-state index in [1.165, 1.54) is 4.31 Å². The lowest BCUT2D eigenvalue weighted by Crippen LogP contribution is -2.50. The molecule has 0 saturated carbocycles. The average Bonchev–Trinajstić information content (AvgIpc) is 2.59. The summed E-state index contributed by atoms with van der Waals surface area (Å²) in [6.07, 6.45) is 1.14. The van der Waals surface area contributed by atoms with Crippen molar-refractivity contribution in [2.45, 2.75) is 24.7 Å². The molecule has 1 heterocycles. The van der Waals surface area contributed by atoms with E-state index in [1.54, 1.807) is 29.2 Å². The maximum atomic E-state index is 12.6. The Morgan fingerprint density at radius 3 is 2.38 bits per heavy atom. The molecular formula is C16H23BrN2O4S. The minimum atomic E-state index is -3.50. The Kier molecular flexibility index (Phi) is 7.21. The predicted molar refractivity (Wildman–Crippen MR) is 95.2 cm³/mol. The second kappa shape index (κ2) is 8.94. The van der Waals surface area contributed by atoms with Crippen molar-refractivity contribution in [3.63, 3.8) is 0 Å². The first-order valence-corrected chi connectivity index (χ1v) is 10.3. The van der Waals surface area contributed by atoms with Crippen molar-refractivity contribution in [1.82, 2.24) is 9.21 Å². The van der Waals surface area contributed by atoms with Crippen LogP contribution in [0.2, 0.25) is 0 Å². The Balaban J connectivity index is 1.87. The number of amides is 1. The van der Waals surface area contributed by atoms with Crippen LogP contribution >= 0.6 is 15.9 Å². The Labute approximate surface area is 151 Å². The van der Waals surface area contributed by atoms with Crippen molar-refractivity contribution in [1.29, 1.82) is 0 Å². The first kappa shape index (κ1) is 19.4. The van der Waals surface area contributed by atoms with Crippen LogP contribution in [-0.4, -0.2) is 62.9 Å². The largest absolute Gasteiger partial charge is 0.382 e. The predicted octanol–water partition coefficient (Wildman–Crippen LogP) is 2.10. The lowest BCUT2D eigenvalue weighted by Gasteiger charge is -2.34. The summed E-state index contributed by atoms with van der Waals surface area (Å²) < 4.78 is 32.7. The number of piperazine rings is 1. The van der Waals surface area contributed by atoms with Gasteiger partial charge in [0, 0.05) is 50.3 Å². The summed E-state index contributed by atoms with van der Waals surface area (Å²) in [5.41, 5.74) is 0. The normalized spacial score (nSPS) is 16.3. The standard InChI is InChI=1S/C16H23BrN2O4S/c1-2-23-13-3-4-16(20)18-9-11-19(12-10-18)24(21,22)15-7-5-14(17)6-8-15/h5-8H,2-4,9-13H2,1H3.